The summed E-state index contributed by atoms with van der Waals surface area (Å²) in [5.41, 5.74) is 1.46. The van der Waals surface area contributed by atoms with Crippen molar-refractivity contribution >= 4 is 35.2 Å². The first-order valence-electron chi connectivity index (χ1n) is 6.99. The smallest absolute Gasteiger partial charge is 0.331 e. The highest BCUT2D eigenvalue weighted by molar-refractivity contribution is 7.08. The van der Waals surface area contributed by atoms with Gasteiger partial charge in [0.15, 0.2) is 6.61 Å². The minimum Gasteiger partial charge on any atom is -0.452 e. The second-order valence-electron chi connectivity index (χ2n) is 5.87. The van der Waals surface area contributed by atoms with E-state index in [1.807, 2.05) is 37.6 Å². The van der Waals surface area contributed by atoms with Gasteiger partial charge in [0.25, 0.3) is 5.91 Å². The first-order valence-corrected chi connectivity index (χ1v) is 7.93. The summed E-state index contributed by atoms with van der Waals surface area (Å²) in [5, 5.41) is 10.2. The van der Waals surface area contributed by atoms with Crippen molar-refractivity contribution in [1.82, 2.24) is 5.16 Å². The lowest BCUT2D eigenvalue weighted by molar-refractivity contribution is -0.142. The highest BCUT2D eigenvalue weighted by Gasteiger charge is 2.19. The maximum absolute atomic E-state index is 11.7. The number of hydrogen-bond donors (Lipinski definition) is 1. The zero-order chi connectivity index (χ0) is 16.9. The number of ether oxygens (including phenoxy) is 1. The van der Waals surface area contributed by atoms with Gasteiger partial charge in [0.1, 0.15) is 0 Å². The lowest BCUT2D eigenvalue weighted by Crippen LogP contribution is -2.19. The molecule has 0 saturated heterocycles. The van der Waals surface area contributed by atoms with Crippen LogP contribution in [0.2, 0.25) is 0 Å². The van der Waals surface area contributed by atoms with E-state index in [9.17, 15) is 9.59 Å². The molecular weight excluding hydrogens is 316 g/mol. The molecule has 7 heteroatoms. The van der Waals surface area contributed by atoms with Crippen molar-refractivity contribution in [3.63, 3.8) is 0 Å². The zero-order valence-corrected chi connectivity index (χ0v) is 14.0. The molecule has 122 valence electrons. The summed E-state index contributed by atoms with van der Waals surface area (Å²) in [4.78, 5) is 23.2. The molecular formula is C16H18N2O4S. The monoisotopic (exact) mass is 334 g/mol. The second-order valence-corrected chi connectivity index (χ2v) is 6.65. The van der Waals surface area contributed by atoms with Gasteiger partial charge in [-0.15, -0.1) is 0 Å². The topological polar surface area (TPSA) is 81.4 Å². The van der Waals surface area contributed by atoms with E-state index in [-0.39, 0.29) is 11.3 Å². The molecule has 0 atom stereocenters. The Balaban J connectivity index is 1.79. The third-order valence-corrected chi connectivity index (χ3v) is 3.54. The molecule has 2 aromatic rings. The van der Waals surface area contributed by atoms with Gasteiger partial charge in [0.05, 0.1) is 5.69 Å². The number of hydrogen-bond acceptors (Lipinski definition) is 6. The summed E-state index contributed by atoms with van der Waals surface area (Å²) in [5.74, 6) is -0.844. The van der Waals surface area contributed by atoms with Crippen molar-refractivity contribution in [2.45, 2.75) is 26.2 Å². The lowest BCUT2D eigenvalue weighted by atomic mass is 9.92. The Hall–Kier alpha value is -2.41. The van der Waals surface area contributed by atoms with E-state index >= 15 is 0 Å². The molecule has 23 heavy (non-hydrogen) atoms. The Morgan fingerprint density at radius 1 is 1.43 bits per heavy atom. The Morgan fingerprint density at radius 2 is 2.22 bits per heavy atom. The van der Waals surface area contributed by atoms with E-state index < -0.39 is 18.5 Å². The zero-order valence-electron chi connectivity index (χ0n) is 13.2. The number of esters is 1. The number of amides is 1. The van der Waals surface area contributed by atoms with Gasteiger partial charge in [-0.05, 0) is 28.5 Å². The van der Waals surface area contributed by atoms with Crippen molar-refractivity contribution in [2.75, 3.05) is 11.9 Å². The molecule has 0 bridgehead atoms. The van der Waals surface area contributed by atoms with Crippen molar-refractivity contribution in [3.8, 4) is 0 Å². The predicted molar refractivity (Wildman–Crippen MR) is 88.1 cm³/mol. The summed E-state index contributed by atoms with van der Waals surface area (Å²) >= 11 is 1.53. The van der Waals surface area contributed by atoms with Crippen molar-refractivity contribution in [1.29, 1.82) is 0 Å². The van der Waals surface area contributed by atoms with E-state index in [0.717, 1.165) is 11.3 Å². The van der Waals surface area contributed by atoms with Gasteiger partial charge in [-0.1, -0.05) is 25.9 Å². The molecule has 0 saturated carbocycles. The van der Waals surface area contributed by atoms with Crippen molar-refractivity contribution < 1.29 is 18.8 Å². The molecule has 0 unspecified atom stereocenters. The van der Waals surface area contributed by atoms with Crippen LogP contribution in [0.3, 0.4) is 0 Å². The number of nitrogens with one attached hydrogen (secondary N) is 1. The fourth-order valence-corrected chi connectivity index (χ4v) is 2.21. The van der Waals surface area contributed by atoms with E-state index in [2.05, 4.69) is 10.5 Å². The van der Waals surface area contributed by atoms with Crippen LogP contribution in [0.4, 0.5) is 5.88 Å². The van der Waals surface area contributed by atoms with Gasteiger partial charge < -0.3 is 9.26 Å². The van der Waals surface area contributed by atoms with Crippen LogP contribution in [-0.2, 0) is 19.7 Å². The summed E-state index contributed by atoms with van der Waals surface area (Å²) in [6.45, 7) is 5.56. The van der Waals surface area contributed by atoms with Crippen LogP contribution in [-0.4, -0.2) is 23.6 Å². The molecule has 0 radical (unpaired) electrons. The quantitative estimate of drug-likeness (QED) is 0.670. The Morgan fingerprint density at radius 3 is 2.83 bits per heavy atom. The van der Waals surface area contributed by atoms with Crippen LogP contribution < -0.4 is 5.32 Å². The van der Waals surface area contributed by atoms with E-state index in [4.69, 9.17) is 9.26 Å². The van der Waals surface area contributed by atoms with Crippen LogP contribution in [0.25, 0.3) is 6.08 Å². The van der Waals surface area contributed by atoms with Gasteiger partial charge in [0, 0.05) is 17.6 Å². The van der Waals surface area contributed by atoms with Crippen molar-refractivity contribution in [2.24, 2.45) is 0 Å². The number of rotatable bonds is 5. The minimum absolute atomic E-state index is 0.175. The Labute approximate surface area is 138 Å². The average molecular weight is 334 g/mol. The number of carbonyl (C=O) groups excluding carboxylic acids is 2. The van der Waals surface area contributed by atoms with Gasteiger partial charge >= 0.3 is 5.97 Å². The molecule has 2 rings (SSSR count). The normalized spacial score (nSPS) is 11.6. The fraction of sp³-hybridized carbons (Fsp3) is 0.312. The van der Waals surface area contributed by atoms with Gasteiger partial charge in [0.2, 0.25) is 5.88 Å². The largest absolute Gasteiger partial charge is 0.452 e. The fourth-order valence-electron chi connectivity index (χ4n) is 1.58. The van der Waals surface area contributed by atoms with E-state index in [1.54, 1.807) is 12.1 Å². The third-order valence-electron chi connectivity index (χ3n) is 2.84. The molecule has 0 fully saturated rings. The summed E-state index contributed by atoms with van der Waals surface area (Å²) < 4.78 is 9.88. The number of aromatic nitrogens is 1. The van der Waals surface area contributed by atoms with Crippen LogP contribution in [0, 0.1) is 0 Å². The molecule has 0 aliphatic rings. The van der Waals surface area contributed by atoms with Gasteiger partial charge in [-0.25, -0.2) is 4.79 Å². The molecule has 2 aromatic heterocycles. The molecule has 0 aromatic carbocycles. The molecule has 0 spiro atoms. The van der Waals surface area contributed by atoms with E-state index in [0.29, 0.717) is 0 Å². The standard InChI is InChI=1S/C16H18N2O4S/c1-16(2,3)12-8-14(22-18-12)17-13(19)9-21-15(20)5-4-11-6-7-23-10-11/h4-8,10H,9H2,1-3H3,(H,17,19)/b5-4+. The average Bonchev–Trinajstić information content (AvgIpc) is 3.13. The second kappa shape index (κ2) is 7.23. The molecule has 1 amide bonds. The summed E-state index contributed by atoms with van der Waals surface area (Å²) in [6, 6.07) is 3.52. The van der Waals surface area contributed by atoms with Crippen LogP contribution in [0.1, 0.15) is 32.0 Å². The molecule has 1 N–H and O–H groups in total. The maximum Gasteiger partial charge on any atom is 0.331 e. The third kappa shape index (κ3) is 5.37. The number of carbonyl (C=O) groups is 2. The first kappa shape index (κ1) is 17.0. The molecule has 2 heterocycles. The number of nitrogens with zero attached hydrogens (tertiary/aromatic N) is 1. The predicted octanol–water partition coefficient (Wildman–Crippen LogP) is 3.23. The Kier molecular flexibility index (Phi) is 5.33. The SMILES string of the molecule is CC(C)(C)c1cc(NC(=O)COC(=O)/C=C/c2ccsc2)on1. The lowest BCUT2D eigenvalue weighted by Gasteiger charge is -2.12. The Bertz CT molecular complexity index is 696. The molecule has 0 aliphatic heterocycles. The maximum atomic E-state index is 11.7. The van der Waals surface area contributed by atoms with Crippen LogP contribution in [0.5, 0.6) is 0 Å². The molecule has 0 aliphatic carbocycles. The highest BCUT2D eigenvalue weighted by Crippen LogP contribution is 2.23. The van der Waals surface area contributed by atoms with Crippen LogP contribution in [0.15, 0.2) is 33.5 Å². The summed E-state index contributed by atoms with van der Waals surface area (Å²) in [6.07, 6.45) is 2.91. The highest BCUT2D eigenvalue weighted by atomic mass is 32.1. The summed E-state index contributed by atoms with van der Waals surface area (Å²) in [7, 11) is 0. The van der Waals surface area contributed by atoms with E-state index in [1.165, 1.54) is 17.4 Å². The molecule has 6 nitrogen and oxygen atoms in total. The first-order chi connectivity index (χ1) is 10.8. The van der Waals surface area contributed by atoms with Gasteiger partial charge in [-0.3, -0.25) is 10.1 Å². The van der Waals surface area contributed by atoms with Crippen molar-refractivity contribution in [3.05, 3.63) is 40.2 Å². The van der Waals surface area contributed by atoms with Gasteiger partial charge in [-0.2, -0.15) is 11.3 Å². The minimum atomic E-state index is -0.584. The number of anilines is 1. The van der Waals surface area contributed by atoms with Crippen LogP contribution >= 0.6 is 11.3 Å². The number of thiophene rings is 1.